The fourth-order valence-corrected chi connectivity index (χ4v) is 0.534. The van der Waals surface area contributed by atoms with Crippen molar-refractivity contribution in [3.05, 3.63) is 0 Å². The number of rotatable bonds is 3. The summed E-state index contributed by atoms with van der Waals surface area (Å²) < 4.78 is 26.6. The van der Waals surface area contributed by atoms with Gasteiger partial charge in [-0.2, -0.15) is 8.78 Å². The lowest BCUT2D eigenvalue weighted by Crippen LogP contribution is -2.29. The van der Waals surface area contributed by atoms with Crippen LogP contribution >= 0.6 is 0 Å². The second-order valence-electron chi connectivity index (χ2n) is 2.43. The number of hydrogen-bond acceptors (Lipinski definition) is 2. The third kappa shape index (κ3) is 2.24. The van der Waals surface area contributed by atoms with Gasteiger partial charge in [-0.25, -0.2) is 0 Å². The minimum atomic E-state index is -2.67. The molecule has 0 saturated heterocycles. The molecular formula is C5H9F2NO. The van der Waals surface area contributed by atoms with E-state index >= 15 is 0 Å². The standard InChI is InChI=1S/C5H9F2NO/c6-4(7)9-3-5(8)1-2-5/h4H,1-3,8H2. The van der Waals surface area contributed by atoms with Crippen molar-refractivity contribution in [1.82, 2.24) is 0 Å². The van der Waals surface area contributed by atoms with E-state index in [2.05, 4.69) is 4.74 Å². The first kappa shape index (κ1) is 6.89. The van der Waals surface area contributed by atoms with Crippen molar-refractivity contribution < 1.29 is 13.5 Å². The van der Waals surface area contributed by atoms with Gasteiger partial charge in [0.1, 0.15) is 0 Å². The number of ether oxygens (including phenoxy) is 1. The summed E-state index contributed by atoms with van der Waals surface area (Å²) in [7, 11) is 0. The van der Waals surface area contributed by atoms with Gasteiger partial charge < -0.3 is 10.5 Å². The number of nitrogens with two attached hydrogens (primary N) is 1. The summed E-state index contributed by atoms with van der Waals surface area (Å²) in [4.78, 5) is 0. The third-order valence-corrected chi connectivity index (χ3v) is 1.39. The van der Waals surface area contributed by atoms with Crippen LogP contribution in [0.2, 0.25) is 0 Å². The Morgan fingerprint density at radius 2 is 2.11 bits per heavy atom. The molecule has 1 aliphatic rings. The van der Waals surface area contributed by atoms with Crippen LogP contribution in [0.5, 0.6) is 0 Å². The predicted molar refractivity (Wildman–Crippen MR) is 28.1 cm³/mol. The molecule has 0 radical (unpaired) electrons. The van der Waals surface area contributed by atoms with E-state index in [0.29, 0.717) is 0 Å². The summed E-state index contributed by atoms with van der Waals surface area (Å²) in [6.07, 6.45) is 1.61. The zero-order valence-electron chi connectivity index (χ0n) is 4.94. The van der Waals surface area contributed by atoms with Crippen molar-refractivity contribution in [2.45, 2.75) is 25.0 Å². The molecule has 1 fully saturated rings. The monoisotopic (exact) mass is 137 g/mol. The van der Waals surface area contributed by atoms with Gasteiger partial charge in [0.05, 0.1) is 6.61 Å². The number of alkyl halides is 2. The van der Waals surface area contributed by atoms with Crippen LogP contribution in [0.4, 0.5) is 8.78 Å². The molecule has 0 heterocycles. The molecule has 4 heteroatoms. The molecular weight excluding hydrogens is 128 g/mol. The van der Waals surface area contributed by atoms with Gasteiger partial charge >= 0.3 is 6.61 Å². The summed E-state index contributed by atoms with van der Waals surface area (Å²) in [6, 6.07) is 0. The maximum absolute atomic E-state index is 11.3. The van der Waals surface area contributed by atoms with E-state index in [4.69, 9.17) is 5.73 Å². The summed E-state index contributed by atoms with van der Waals surface area (Å²) in [5, 5.41) is 0. The molecule has 0 aliphatic heterocycles. The van der Waals surface area contributed by atoms with Crippen LogP contribution in [0, 0.1) is 0 Å². The molecule has 0 spiro atoms. The van der Waals surface area contributed by atoms with Gasteiger partial charge in [0.25, 0.3) is 0 Å². The molecule has 0 aromatic rings. The van der Waals surface area contributed by atoms with E-state index in [1.165, 1.54) is 0 Å². The molecule has 0 bridgehead atoms. The number of hydrogen-bond donors (Lipinski definition) is 1. The third-order valence-electron chi connectivity index (χ3n) is 1.39. The topological polar surface area (TPSA) is 35.2 Å². The van der Waals surface area contributed by atoms with Crippen molar-refractivity contribution in [2.75, 3.05) is 6.61 Å². The molecule has 1 aliphatic carbocycles. The van der Waals surface area contributed by atoms with Gasteiger partial charge in [-0.15, -0.1) is 0 Å². The molecule has 54 valence electrons. The molecule has 0 aromatic heterocycles. The van der Waals surface area contributed by atoms with Gasteiger partial charge in [-0.3, -0.25) is 0 Å². The average Bonchev–Trinajstić information content (AvgIpc) is 2.45. The van der Waals surface area contributed by atoms with Crippen LogP contribution in [0.3, 0.4) is 0 Å². The Hall–Kier alpha value is -0.220. The fraction of sp³-hybridized carbons (Fsp3) is 1.00. The quantitative estimate of drug-likeness (QED) is 0.622. The molecule has 1 rings (SSSR count). The highest BCUT2D eigenvalue weighted by Gasteiger charge is 2.39. The Morgan fingerprint density at radius 3 is 2.44 bits per heavy atom. The predicted octanol–water partition coefficient (Wildman–Crippen LogP) is 0.717. The SMILES string of the molecule is NC1(COC(F)F)CC1. The largest absolute Gasteiger partial charge is 0.345 e. The van der Waals surface area contributed by atoms with Crippen LogP contribution < -0.4 is 5.73 Å². The summed E-state index contributed by atoms with van der Waals surface area (Å²) in [6.45, 7) is -2.68. The lowest BCUT2D eigenvalue weighted by atomic mass is 10.3. The summed E-state index contributed by atoms with van der Waals surface area (Å²) in [5.74, 6) is 0. The Morgan fingerprint density at radius 1 is 1.56 bits per heavy atom. The van der Waals surface area contributed by atoms with Crippen molar-refractivity contribution in [3.63, 3.8) is 0 Å². The van der Waals surface area contributed by atoms with Gasteiger partial charge in [0, 0.05) is 5.54 Å². The molecule has 0 amide bonds. The highest BCUT2D eigenvalue weighted by atomic mass is 19.3. The van der Waals surface area contributed by atoms with E-state index in [1.54, 1.807) is 0 Å². The van der Waals surface area contributed by atoms with E-state index in [9.17, 15) is 8.78 Å². The minimum Gasteiger partial charge on any atom is -0.323 e. The Labute approximate surface area is 52.0 Å². The Balaban J connectivity index is 2.05. The first-order valence-electron chi connectivity index (χ1n) is 2.81. The molecule has 0 unspecified atom stereocenters. The summed E-state index contributed by atoms with van der Waals surface area (Å²) in [5.41, 5.74) is 5.02. The smallest absolute Gasteiger partial charge is 0.323 e. The second-order valence-corrected chi connectivity index (χ2v) is 2.43. The van der Waals surface area contributed by atoms with Crippen LogP contribution in [0.15, 0.2) is 0 Å². The van der Waals surface area contributed by atoms with E-state index in [0.717, 1.165) is 12.8 Å². The molecule has 0 aromatic carbocycles. The van der Waals surface area contributed by atoms with Gasteiger partial charge in [-0.05, 0) is 12.8 Å². The maximum atomic E-state index is 11.3. The lowest BCUT2D eigenvalue weighted by Gasteiger charge is -2.07. The minimum absolute atomic E-state index is 0.00926. The molecule has 0 atom stereocenters. The van der Waals surface area contributed by atoms with Gasteiger partial charge in [0.15, 0.2) is 0 Å². The van der Waals surface area contributed by atoms with Gasteiger partial charge in [0.2, 0.25) is 0 Å². The number of halogens is 2. The zero-order valence-corrected chi connectivity index (χ0v) is 4.94. The van der Waals surface area contributed by atoms with E-state index in [-0.39, 0.29) is 6.61 Å². The first-order chi connectivity index (χ1) is 4.12. The van der Waals surface area contributed by atoms with Crippen LogP contribution in [-0.2, 0) is 4.74 Å². The van der Waals surface area contributed by atoms with Gasteiger partial charge in [-0.1, -0.05) is 0 Å². The zero-order chi connectivity index (χ0) is 6.91. The fourth-order valence-electron chi connectivity index (χ4n) is 0.534. The van der Waals surface area contributed by atoms with Crippen LogP contribution in [0.1, 0.15) is 12.8 Å². The van der Waals surface area contributed by atoms with Crippen molar-refractivity contribution in [2.24, 2.45) is 5.73 Å². The molecule has 1 saturated carbocycles. The summed E-state index contributed by atoms with van der Waals surface area (Å²) >= 11 is 0. The van der Waals surface area contributed by atoms with Crippen molar-refractivity contribution >= 4 is 0 Å². The maximum Gasteiger partial charge on any atom is 0.345 e. The second kappa shape index (κ2) is 2.19. The van der Waals surface area contributed by atoms with Crippen molar-refractivity contribution in [3.8, 4) is 0 Å². The van der Waals surface area contributed by atoms with E-state index < -0.39 is 12.2 Å². The average molecular weight is 137 g/mol. The Bertz CT molecular complexity index is 103. The highest BCUT2D eigenvalue weighted by molar-refractivity contribution is 4.98. The molecule has 2 nitrogen and oxygen atoms in total. The normalized spacial score (nSPS) is 22.7. The van der Waals surface area contributed by atoms with E-state index in [1.807, 2.05) is 0 Å². The van der Waals surface area contributed by atoms with Crippen LogP contribution in [-0.4, -0.2) is 18.8 Å². The molecule has 9 heavy (non-hydrogen) atoms. The lowest BCUT2D eigenvalue weighted by molar-refractivity contribution is -0.133. The molecule has 2 N–H and O–H groups in total. The van der Waals surface area contributed by atoms with Crippen molar-refractivity contribution in [1.29, 1.82) is 0 Å². The first-order valence-corrected chi connectivity index (χ1v) is 2.81. The Kier molecular flexibility index (Phi) is 1.68. The van der Waals surface area contributed by atoms with Crippen LogP contribution in [0.25, 0.3) is 0 Å². The highest BCUT2D eigenvalue weighted by Crippen LogP contribution is 2.32.